The molecule has 0 unspecified atom stereocenters. The summed E-state index contributed by atoms with van der Waals surface area (Å²) in [6, 6.07) is 8.59. The van der Waals surface area contributed by atoms with Crippen molar-refractivity contribution in [3.05, 3.63) is 35.4 Å². The minimum atomic E-state index is 0.365. The number of nitrogens with two attached hydrogens (primary N) is 1. The second-order valence-electron chi connectivity index (χ2n) is 3.46. The van der Waals surface area contributed by atoms with Crippen molar-refractivity contribution in [3.8, 4) is 0 Å². The fraction of sp³-hybridized carbons (Fsp3) is 0.273. The molecule has 84 valence electrons. The summed E-state index contributed by atoms with van der Waals surface area (Å²) in [4.78, 5) is 4.03. The minimum Gasteiger partial charge on any atom is -0.368 e. The van der Waals surface area contributed by atoms with Crippen LogP contribution in [0.3, 0.4) is 0 Å². The predicted octanol–water partition coefficient (Wildman–Crippen LogP) is 2.24. The van der Waals surface area contributed by atoms with Gasteiger partial charge >= 0.3 is 0 Å². The first-order valence-corrected chi connectivity index (χ1v) is 6.15. The number of H-pyrrole nitrogens is 1. The number of thioether (sulfide) groups is 1. The maximum absolute atomic E-state index is 5.44. The number of aromatic amines is 1. The third-order valence-electron chi connectivity index (χ3n) is 2.28. The molecule has 16 heavy (non-hydrogen) atoms. The SMILES string of the molecule is CCc1ccc(CSc2n[nH]c(N)n2)cc1. The molecule has 1 heterocycles. The Balaban J connectivity index is 1.94. The third-order valence-corrected chi connectivity index (χ3v) is 3.20. The Morgan fingerprint density at radius 3 is 2.50 bits per heavy atom. The summed E-state index contributed by atoms with van der Waals surface area (Å²) in [6.45, 7) is 2.15. The third kappa shape index (κ3) is 2.76. The number of hydrogen-bond acceptors (Lipinski definition) is 4. The summed E-state index contributed by atoms with van der Waals surface area (Å²) < 4.78 is 0. The van der Waals surface area contributed by atoms with Gasteiger partial charge in [0.05, 0.1) is 0 Å². The van der Waals surface area contributed by atoms with Crippen molar-refractivity contribution in [2.75, 3.05) is 5.73 Å². The predicted molar refractivity (Wildman–Crippen MR) is 66.2 cm³/mol. The number of nitrogens with one attached hydrogen (secondary N) is 1. The molecular weight excluding hydrogens is 220 g/mol. The summed E-state index contributed by atoms with van der Waals surface area (Å²) in [5.41, 5.74) is 8.07. The first kappa shape index (κ1) is 11.0. The molecule has 0 bridgehead atoms. The van der Waals surface area contributed by atoms with Crippen LogP contribution in [0.4, 0.5) is 5.95 Å². The van der Waals surface area contributed by atoms with Gasteiger partial charge in [0.2, 0.25) is 11.1 Å². The van der Waals surface area contributed by atoms with Crippen molar-refractivity contribution < 1.29 is 0 Å². The van der Waals surface area contributed by atoms with Crippen LogP contribution in [0.25, 0.3) is 0 Å². The van der Waals surface area contributed by atoms with E-state index in [0.717, 1.165) is 12.2 Å². The first-order chi connectivity index (χ1) is 7.78. The second-order valence-corrected chi connectivity index (χ2v) is 4.40. The lowest BCUT2D eigenvalue weighted by atomic mass is 10.1. The smallest absolute Gasteiger partial charge is 0.216 e. The molecule has 0 fully saturated rings. The van der Waals surface area contributed by atoms with Gasteiger partial charge in [0, 0.05) is 5.75 Å². The number of rotatable bonds is 4. The Labute approximate surface area is 98.7 Å². The fourth-order valence-electron chi connectivity index (χ4n) is 1.34. The summed E-state index contributed by atoms with van der Waals surface area (Å²) in [7, 11) is 0. The Hall–Kier alpha value is -1.49. The van der Waals surface area contributed by atoms with E-state index in [4.69, 9.17) is 5.73 Å². The quantitative estimate of drug-likeness (QED) is 0.796. The second kappa shape index (κ2) is 5.03. The zero-order valence-electron chi connectivity index (χ0n) is 9.10. The summed E-state index contributed by atoms with van der Waals surface area (Å²) in [6.07, 6.45) is 1.07. The van der Waals surface area contributed by atoms with Gasteiger partial charge in [-0.2, -0.15) is 4.98 Å². The molecule has 5 heteroatoms. The number of nitrogens with zero attached hydrogens (tertiary/aromatic N) is 2. The lowest BCUT2D eigenvalue weighted by molar-refractivity contribution is 0.973. The van der Waals surface area contributed by atoms with Crippen LogP contribution >= 0.6 is 11.8 Å². The molecule has 0 spiro atoms. The van der Waals surface area contributed by atoms with Crippen molar-refractivity contribution in [2.24, 2.45) is 0 Å². The number of hydrogen-bond donors (Lipinski definition) is 2. The van der Waals surface area contributed by atoms with Crippen LogP contribution in [0, 0.1) is 0 Å². The van der Waals surface area contributed by atoms with Crippen molar-refractivity contribution in [2.45, 2.75) is 24.3 Å². The van der Waals surface area contributed by atoms with E-state index in [0.29, 0.717) is 11.1 Å². The van der Waals surface area contributed by atoms with Crippen LogP contribution in [-0.2, 0) is 12.2 Å². The van der Waals surface area contributed by atoms with E-state index < -0.39 is 0 Å². The van der Waals surface area contributed by atoms with Crippen molar-refractivity contribution in [1.82, 2.24) is 15.2 Å². The van der Waals surface area contributed by atoms with Crippen LogP contribution in [0.15, 0.2) is 29.4 Å². The number of aromatic nitrogens is 3. The van der Waals surface area contributed by atoms with Crippen molar-refractivity contribution in [1.29, 1.82) is 0 Å². The molecule has 0 saturated carbocycles. The normalized spacial score (nSPS) is 10.6. The van der Waals surface area contributed by atoms with Crippen molar-refractivity contribution in [3.63, 3.8) is 0 Å². The van der Waals surface area contributed by atoms with Gasteiger partial charge in [-0.25, -0.2) is 5.10 Å². The van der Waals surface area contributed by atoms with Crippen LogP contribution in [0.1, 0.15) is 18.1 Å². The topological polar surface area (TPSA) is 67.6 Å². The van der Waals surface area contributed by atoms with E-state index in [1.807, 2.05) is 0 Å². The molecule has 0 amide bonds. The van der Waals surface area contributed by atoms with E-state index in [9.17, 15) is 0 Å². The molecule has 0 atom stereocenters. The van der Waals surface area contributed by atoms with E-state index >= 15 is 0 Å². The molecule has 1 aromatic carbocycles. The Bertz CT molecular complexity index is 449. The van der Waals surface area contributed by atoms with Gasteiger partial charge in [-0.3, -0.25) is 0 Å². The molecule has 0 aliphatic carbocycles. The van der Waals surface area contributed by atoms with Crippen LogP contribution < -0.4 is 5.73 Å². The number of anilines is 1. The molecule has 0 aliphatic rings. The molecule has 1 aromatic heterocycles. The lowest BCUT2D eigenvalue weighted by Gasteiger charge is -2.00. The number of benzene rings is 1. The number of nitrogen functional groups attached to an aromatic ring is 1. The number of aryl methyl sites for hydroxylation is 1. The molecular formula is C11H14N4S. The van der Waals surface area contributed by atoms with Crippen molar-refractivity contribution >= 4 is 17.7 Å². The Morgan fingerprint density at radius 1 is 1.25 bits per heavy atom. The highest BCUT2D eigenvalue weighted by molar-refractivity contribution is 7.98. The molecule has 4 nitrogen and oxygen atoms in total. The molecule has 0 aliphatic heterocycles. The van der Waals surface area contributed by atoms with Gasteiger partial charge in [0.1, 0.15) is 0 Å². The zero-order valence-corrected chi connectivity index (χ0v) is 9.92. The molecule has 0 radical (unpaired) electrons. The van der Waals surface area contributed by atoms with E-state index in [1.54, 1.807) is 11.8 Å². The van der Waals surface area contributed by atoms with Crippen LogP contribution in [0.5, 0.6) is 0 Å². The summed E-state index contributed by atoms with van der Waals surface area (Å²) >= 11 is 1.57. The van der Waals surface area contributed by atoms with Gasteiger partial charge in [-0.1, -0.05) is 43.0 Å². The summed E-state index contributed by atoms with van der Waals surface area (Å²) in [5, 5.41) is 7.28. The highest BCUT2D eigenvalue weighted by Crippen LogP contribution is 2.19. The average molecular weight is 234 g/mol. The van der Waals surface area contributed by atoms with E-state index in [-0.39, 0.29) is 0 Å². The standard InChI is InChI=1S/C11H14N4S/c1-2-8-3-5-9(6-4-8)7-16-11-13-10(12)14-15-11/h3-6H,2,7H2,1H3,(H3,12,13,14,15). The zero-order chi connectivity index (χ0) is 11.4. The lowest BCUT2D eigenvalue weighted by Crippen LogP contribution is -1.86. The molecule has 2 rings (SSSR count). The highest BCUT2D eigenvalue weighted by Gasteiger charge is 2.01. The van der Waals surface area contributed by atoms with Gasteiger partial charge in [0.25, 0.3) is 0 Å². The molecule has 3 N–H and O–H groups in total. The van der Waals surface area contributed by atoms with Gasteiger partial charge < -0.3 is 5.73 Å². The van der Waals surface area contributed by atoms with Gasteiger partial charge in [-0.15, -0.1) is 5.10 Å². The largest absolute Gasteiger partial charge is 0.368 e. The molecule has 2 aromatic rings. The fourth-order valence-corrected chi connectivity index (χ4v) is 2.10. The maximum Gasteiger partial charge on any atom is 0.216 e. The maximum atomic E-state index is 5.44. The Morgan fingerprint density at radius 2 is 1.94 bits per heavy atom. The van der Waals surface area contributed by atoms with E-state index in [2.05, 4.69) is 46.4 Å². The minimum absolute atomic E-state index is 0.365. The monoisotopic (exact) mass is 234 g/mol. The average Bonchev–Trinajstić information content (AvgIpc) is 2.73. The summed E-state index contributed by atoms with van der Waals surface area (Å²) in [5.74, 6) is 1.23. The first-order valence-electron chi connectivity index (χ1n) is 5.16. The Kier molecular flexibility index (Phi) is 3.46. The van der Waals surface area contributed by atoms with E-state index in [1.165, 1.54) is 11.1 Å². The van der Waals surface area contributed by atoms with Gasteiger partial charge in [-0.05, 0) is 17.5 Å². The molecule has 0 saturated heterocycles. The van der Waals surface area contributed by atoms with Crippen LogP contribution in [0.2, 0.25) is 0 Å². The highest BCUT2D eigenvalue weighted by atomic mass is 32.2. The van der Waals surface area contributed by atoms with Crippen LogP contribution in [-0.4, -0.2) is 15.2 Å². The van der Waals surface area contributed by atoms with Gasteiger partial charge in [0.15, 0.2) is 0 Å².